The minimum Gasteiger partial charge on any atom is -0.246 e. The molecular formula is C20H16FN3O3S. The molecule has 1 aliphatic rings. The molecule has 0 atom stereocenters. The predicted molar refractivity (Wildman–Crippen MR) is 102 cm³/mol. The van der Waals surface area contributed by atoms with Gasteiger partial charge < -0.3 is 0 Å². The number of aryl methyl sites for hydroxylation is 1. The average Bonchev–Trinajstić information content (AvgIpc) is 2.68. The van der Waals surface area contributed by atoms with Crippen LogP contribution in [0.1, 0.15) is 11.1 Å². The molecule has 1 aromatic heterocycles. The fourth-order valence-corrected chi connectivity index (χ4v) is 4.48. The van der Waals surface area contributed by atoms with E-state index in [1.807, 2.05) is 19.1 Å². The van der Waals surface area contributed by atoms with Crippen LogP contribution >= 0.6 is 0 Å². The van der Waals surface area contributed by atoms with Gasteiger partial charge in [0.25, 0.3) is 10.0 Å². The summed E-state index contributed by atoms with van der Waals surface area (Å²) < 4.78 is 40.1. The first-order valence-electron chi connectivity index (χ1n) is 8.51. The number of sulfonamides is 1. The lowest BCUT2D eigenvalue weighted by Crippen LogP contribution is -2.48. The van der Waals surface area contributed by atoms with Gasteiger partial charge in [0, 0.05) is 6.20 Å². The van der Waals surface area contributed by atoms with Crippen molar-refractivity contribution in [3.63, 3.8) is 0 Å². The number of urea groups is 1. The van der Waals surface area contributed by atoms with Crippen molar-refractivity contribution < 1.29 is 17.6 Å². The van der Waals surface area contributed by atoms with Crippen molar-refractivity contribution in [3.8, 4) is 0 Å². The zero-order valence-electron chi connectivity index (χ0n) is 14.9. The molecule has 4 rings (SSSR count). The van der Waals surface area contributed by atoms with Crippen molar-refractivity contribution in [3.05, 3.63) is 83.8 Å². The fraction of sp³-hybridized carbons (Fsp3) is 0.100. The maximum absolute atomic E-state index is 13.2. The molecule has 0 saturated carbocycles. The van der Waals surface area contributed by atoms with E-state index in [4.69, 9.17) is 0 Å². The van der Waals surface area contributed by atoms with Crippen LogP contribution < -0.4 is 4.90 Å². The minimum atomic E-state index is -4.10. The zero-order valence-corrected chi connectivity index (χ0v) is 15.7. The lowest BCUT2D eigenvalue weighted by molar-refractivity contribution is 0.229. The molecular weight excluding hydrogens is 381 g/mol. The number of anilines is 2. The first-order chi connectivity index (χ1) is 13.4. The molecule has 0 radical (unpaired) electrons. The van der Waals surface area contributed by atoms with E-state index in [1.54, 1.807) is 12.1 Å². The second-order valence-corrected chi connectivity index (χ2v) is 8.25. The van der Waals surface area contributed by atoms with Crippen LogP contribution in [0.25, 0.3) is 0 Å². The van der Waals surface area contributed by atoms with Crippen molar-refractivity contribution in [2.45, 2.75) is 18.4 Å². The molecule has 2 amide bonds. The molecule has 0 spiro atoms. The first-order valence-corrected chi connectivity index (χ1v) is 9.95. The van der Waals surface area contributed by atoms with E-state index in [0.717, 1.165) is 9.87 Å². The standard InChI is InChI=1S/C20H16FN3O3S/c1-14-4-10-17(11-5-14)24-19-18(3-2-12-22-19)28(26,27)23(20(24)25)13-15-6-8-16(21)9-7-15/h2-12H,13H2,1H3. The van der Waals surface area contributed by atoms with Gasteiger partial charge in [-0.25, -0.2) is 31.8 Å². The van der Waals surface area contributed by atoms with E-state index in [2.05, 4.69) is 4.98 Å². The van der Waals surface area contributed by atoms with E-state index >= 15 is 0 Å². The Balaban J connectivity index is 1.85. The Labute approximate surface area is 161 Å². The molecule has 0 bridgehead atoms. The molecule has 142 valence electrons. The van der Waals surface area contributed by atoms with Gasteiger partial charge in [-0.3, -0.25) is 0 Å². The maximum atomic E-state index is 13.2. The van der Waals surface area contributed by atoms with Gasteiger partial charge in [-0.15, -0.1) is 0 Å². The van der Waals surface area contributed by atoms with E-state index in [0.29, 0.717) is 11.3 Å². The van der Waals surface area contributed by atoms with Crippen molar-refractivity contribution in [1.82, 2.24) is 9.29 Å². The molecule has 0 N–H and O–H groups in total. The summed E-state index contributed by atoms with van der Waals surface area (Å²) in [6, 6.07) is 14.7. The summed E-state index contributed by atoms with van der Waals surface area (Å²) in [5, 5.41) is 0. The van der Waals surface area contributed by atoms with E-state index < -0.39 is 21.9 Å². The van der Waals surface area contributed by atoms with Crippen LogP contribution in [0, 0.1) is 12.7 Å². The third kappa shape index (κ3) is 3.01. The van der Waals surface area contributed by atoms with Gasteiger partial charge in [0.2, 0.25) is 0 Å². The Morgan fingerprint density at radius 3 is 2.36 bits per heavy atom. The van der Waals surface area contributed by atoms with E-state index in [1.165, 1.54) is 47.5 Å². The quantitative estimate of drug-likeness (QED) is 0.670. The number of hydrogen-bond acceptors (Lipinski definition) is 4. The summed E-state index contributed by atoms with van der Waals surface area (Å²) in [7, 11) is -4.10. The molecule has 2 aromatic carbocycles. The summed E-state index contributed by atoms with van der Waals surface area (Å²) in [5.74, 6) is -0.376. The molecule has 0 unspecified atom stereocenters. The molecule has 0 fully saturated rings. The lowest BCUT2D eigenvalue weighted by Gasteiger charge is -2.35. The summed E-state index contributed by atoms with van der Waals surface area (Å²) >= 11 is 0. The van der Waals surface area contributed by atoms with Crippen LogP contribution in [0.15, 0.2) is 71.8 Å². The smallest absolute Gasteiger partial charge is 0.246 e. The topological polar surface area (TPSA) is 70.6 Å². The number of fused-ring (bicyclic) bond motifs is 1. The molecule has 3 aromatic rings. The molecule has 0 saturated heterocycles. The molecule has 6 nitrogen and oxygen atoms in total. The highest BCUT2D eigenvalue weighted by atomic mass is 32.2. The normalized spacial score (nSPS) is 15.4. The van der Waals surface area contributed by atoms with E-state index in [9.17, 15) is 17.6 Å². The zero-order chi connectivity index (χ0) is 19.9. The lowest BCUT2D eigenvalue weighted by atomic mass is 10.2. The summed E-state index contributed by atoms with van der Waals surface area (Å²) in [6.45, 7) is 1.71. The molecule has 28 heavy (non-hydrogen) atoms. The molecule has 2 heterocycles. The Morgan fingerprint density at radius 1 is 1.00 bits per heavy atom. The van der Waals surface area contributed by atoms with Crippen LogP contribution in [-0.4, -0.2) is 23.7 Å². The number of pyridine rings is 1. The van der Waals surface area contributed by atoms with Gasteiger partial charge in [-0.05, 0) is 48.9 Å². The minimum absolute atomic E-state index is 0.0581. The van der Waals surface area contributed by atoms with Gasteiger partial charge in [-0.2, -0.15) is 0 Å². The SMILES string of the molecule is Cc1ccc(N2C(=O)N(Cc3ccc(F)cc3)S(=O)(=O)c3cccnc32)cc1. The summed E-state index contributed by atoms with van der Waals surface area (Å²) in [6.07, 6.45) is 1.44. The van der Waals surface area contributed by atoms with Crippen LogP contribution in [0.2, 0.25) is 0 Å². The van der Waals surface area contributed by atoms with Crippen molar-refractivity contribution >= 4 is 27.6 Å². The number of halogens is 1. The van der Waals surface area contributed by atoms with Gasteiger partial charge in [-0.1, -0.05) is 29.8 Å². The van der Waals surface area contributed by atoms with Crippen LogP contribution in [-0.2, 0) is 16.6 Å². The van der Waals surface area contributed by atoms with Crippen LogP contribution in [0.5, 0.6) is 0 Å². The first kappa shape index (κ1) is 18.1. The van der Waals surface area contributed by atoms with E-state index in [-0.39, 0.29) is 17.3 Å². The fourth-order valence-electron chi connectivity index (χ4n) is 3.01. The summed E-state index contributed by atoms with van der Waals surface area (Å²) in [5.41, 5.74) is 2.01. The van der Waals surface area contributed by atoms with Gasteiger partial charge in [0.05, 0.1) is 12.2 Å². The second-order valence-electron chi connectivity index (χ2n) is 6.42. The van der Waals surface area contributed by atoms with Crippen molar-refractivity contribution in [1.29, 1.82) is 0 Å². The van der Waals surface area contributed by atoms with Crippen LogP contribution in [0.3, 0.4) is 0 Å². The highest BCUT2D eigenvalue weighted by Gasteiger charge is 2.43. The Morgan fingerprint density at radius 2 is 1.68 bits per heavy atom. The predicted octanol–water partition coefficient (Wildman–Crippen LogP) is 3.99. The molecule has 0 aliphatic carbocycles. The number of hydrogen-bond donors (Lipinski definition) is 0. The Hall–Kier alpha value is -3.26. The molecule has 1 aliphatic heterocycles. The van der Waals surface area contributed by atoms with Gasteiger partial charge in [0.1, 0.15) is 10.7 Å². The summed E-state index contributed by atoms with van der Waals surface area (Å²) in [4.78, 5) is 18.6. The Kier molecular flexibility index (Phi) is 4.35. The van der Waals surface area contributed by atoms with Crippen molar-refractivity contribution in [2.75, 3.05) is 4.90 Å². The number of nitrogens with zero attached hydrogens (tertiary/aromatic N) is 3. The third-order valence-electron chi connectivity index (χ3n) is 4.47. The average molecular weight is 397 g/mol. The number of benzene rings is 2. The largest absolute Gasteiger partial charge is 0.344 e. The second kappa shape index (κ2) is 6.72. The number of aromatic nitrogens is 1. The van der Waals surface area contributed by atoms with Crippen LogP contribution in [0.4, 0.5) is 20.7 Å². The molecule has 8 heteroatoms. The van der Waals surface area contributed by atoms with Crippen molar-refractivity contribution in [2.24, 2.45) is 0 Å². The number of carbonyl (C=O) groups excluding carboxylic acids is 1. The highest BCUT2D eigenvalue weighted by Crippen LogP contribution is 2.38. The highest BCUT2D eigenvalue weighted by molar-refractivity contribution is 7.90. The Bertz CT molecular complexity index is 1150. The number of rotatable bonds is 3. The third-order valence-corrected chi connectivity index (χ3v) is 6.21. The van der Waals surface area contributed by atoms with Gasteiger partial charge >= 0.3 is 6.03 Å². The number of amides is 2. The monoisotopic (exact) mass is 397 g/mol. The number of carbonyl (C=O) groups is 1. The maximum Gasteiger partial charge on any atom is 0.344 e. The van der Waals surface area contributed by atoms with Gasteiger partial charge in [0.15, 0.2) is 5.82 Å².